The Bertz CT molecular complexity index is 644. The van der Waals surface area contributed by atoms with Crippen LogP contribution in [0.15, 0.2) is 23.1 Å². The minimum Gasteiger partial charge on any atom is -0.373 e. The molecule has 7 heteroatoms. The highest BCUT2D eigenvalue weighted by atomic mass is 35.5. The summed E-state index contributed by atoms with van der Waals surface area (Å²) in [5.41, 5.74) is 0.259. The van der Waals surface area contributed by atoms with Crippen LogP contribution < -0.4 is 0 Å². The Morgan fingerprint density at radius 3 is 2.45 bits per heavy atom. The molecule has 5 nitrogen and oxygen atoms in total. The molecule has 1 aromatic rings. The van der Waals surface area contributed by atoms with E-state index in [4.69, 9.17) is 21.6 Å². The maximum absolute atomic E-state index is 12.6. The van der Waals surface area contributed by atoms with Crippen LogP contribution in [0.5, 0.6) is 0 Å². The molecule has 108 valence electrons. The highest BCUT2D eigenvalue weighted by Gasteiger charge is 2.32. The molecule has 2 rings (SSSR count). The Hall–Kier alpha value is -1.13. The van der Waals surface area contributed by atoms with Gasteiger partial charge in [0.1, 0.15) is 6.07 Å². The van der Waals surface area contributed by atoms with Crippen molar-refractivity contribution in [3.8, 4) is 6.07 Å². The Morgan fingerprint density at radius 1 is 1.35 bits per heavy atom. The number of hydrogen-bond donors (Lipinski definition) is 0. The SMILES string of the molecule is C[C@@H]1CN(S(=O)(=O)c2ccc(C#N)c(Cl)c2)C[C@H](C)O1. The van der Waals surface area contributed by atoms with E-state index in [9.17, 15) is 8.42 Å². The van der Waals surface area contributed by atoms with Gasteiger partial charge in [0.2, 0.25) is 10.0 Å². The zero-order valence-corrected chi connectivity index (χ0v) is 12.8. The lowest BCUT2D eigenvalue weighted by Crippen LogP contribution is -2.48. The van der Waals surface area contributed by atoms with Crippen molar-refractivity contribution in [2.45, 2.75) is 31.0 Å². The van der Waals surface area contributed by atoms with Crippen LogP contribution in [0.25, 0.3) is 0 Å². The summed E-state index contributed by atoms with van der Waals surface area (Å²) < 4.78 is 32.0. The highest BCUT2D eigenvalue weighted by Crippen LogP contribution is 2.25. The first kappa shape index (κ1) is 15.3. The summed E-state index contributed by atoms with van der Waals surface area (Å²) in [4.78, 5) is 0.0998. The second-order valence-electron chi connectivity index (χ2n) is 4.83. The molecule has 0 saturated carbocycles. The molecule has 0 unspecified atom stereocenters. The van der Waals surface area contributed by atoms with Gasteiger partial charge in [-0.15, -0.1) is 0 Å². The maximum Gasteiger partial charge on any atom is 0.243 e. The zero-order chi connectivity index (χ0) is 14.9. The molecular weight excluding hydrogens is 300 g/mol. The summed E-state index contributed by atoms with van der Waals surface area (Å²) >= 11 is 5.90. The molecule has 0 amide bonds. The summed E-state index contributed by atoms with van der Waals surface area (Å²) in [5, 5.41) is 8.96. The van der Waals surface area contributed by atoms with E-state index in [1.165, 1.54) is 22.5 Å². The molecule has 0 N–H and O–H groups in total. The van der Waals surface area contributed by atoms with Gasteiger partial charge in [0, 0.05) is 13.1 Å². The van der Waals surface area contributed by atoms with Gasteiger partial charge in [0.25, 0.3) is 0 Å². The smallest absolute Gasteiger partial charge is 0.243 e. The predicted molar refractivity (Wildman–Crippen MR) is 74.9 cm³/mol. The number of rotatable bonds is 2. The second kappa shape index (κ2) is 5.70. The first-order chi connectivity index (χ1) is 9.34. The van der Waals surface area contributed by atoms with E-state index in [0.717, 1.165) is 0 Å². The number of ether oxygens (including phenoxy) is 1. The molecule has 1 fully saturated rings. The highest BCUT2D eigenvalue weighted by molar-refractivity contribution is 7.89. The lowest BCUT2D eigenvalue weighted by atomic mass is 10.2. The molecule has 1 aromatic carbocycles. The Balaban J connectivity index is 2.35. The standard InChI is InChI=1S/C13H15ClN2O3S/c1-9-7-16(8-10(2)19-9)20(17,18)12-4-3-11(6-15)13(14)5-12/h3-5,9-10H,7-8H2,1-2H3/t9-,10+. The molecule has 0 spiro atoms. The fraction of sp³-hybridized carbons (Fsp3) is 0.462. The third-order valence-electron chi connectivity index (χ3n) is 3.08. The van der Waals surface area contributed by atoms with Gasteiger partial charge in [-0.25, -0.2) is 8.42 Å². The van der Waals surface area contributed by atoms with Crippen molar-refractivity contribution in [2.24, 2.45) is 0 Å². The monoisotopic (exact) mass is 314 g/mol. The van der Waals surface area contributed by atoms with Crippen molar-refractivity contribution < 1.29 is 13.2 Å². The molecule has 0 bridgehead atoms. The van der Waals surface area contributed by atoms with E-state index in [1.54, 1.807) is 0 Å². The van der Waals surface area contributed by atoms with E-state index in [0.29, 0.717) is 13.1 Å². The van der Waals surface area contributed by atoms with Crippen molar-refractivity contribution in [3.05, 3.63) is 28.8 Å². The van der Waals surface area contributed by atoms with Gasteiger partial charge in [0.15, 0.2) is 0 Å². The van der Waals surface area contributed by atoms with Gasteiger partial charge in [-0.1, -0.05) is 11.6 Å². The largest absolute Gasteiger partial charge is 0.373 e. The van der Waals surface area contributed by atoms with E-state index in [-0.39, 0.29) is 27.7 Å². The van der Waals surface area contributed by atoms with Crippen LogP contribution in [0.1, 0.15) is 19.4 Å². The fourth-order valence-corrected chi connectivity index (χ4v) is 4.13. The number of benzene rings is 1. The van der Waals surface area contributed by atoms with Crippen molar-refractivity contribution in [2.75, 3.05) is 13.1 Å². The molecule has 1 heterocycles. The van der Waals surface area contributed by atoms with E-state index >= 15 is 0 Å². The minimum absolute atomic E-state index is 0.0998. The first-order valence-corrected chi connectivity index (χ1v) is 8.01. The number of nitriles is 1. The van der Waals surface area contributed by atoms with Crippen LogP contribution in [0, 0.1) is 11.3 Å². The lowest BCUT2D eigenvalue weighted by Gasteiger charge is -2.34. The molecule has 0 aliphatic carbocycles. The van der Waals surface area contributed by atoms with Gasteiger partial charge < -0.3 is 4.74 Å². The zero-order valence-electron chi connectivity index (χ0n) is 11.2. The topological polar surface area (TPSA) is 70.4 Å². The lowest BCUT2D eigenvalue weighted by molar-refractivity contribution is -0.0440. The molecule has 1 saturated heterocycles. The first-order valence-electron chi connectivity index (χ1n) is 6.20. The quantitative estimate of drug-likeness (QED) is 0.837. The van der Waals surface area contributed by atoms with Gasteiger partial charge >= 0.3 is 0 Å². The molecule has 0 aromatic heterocycles. The average Bonchev–Trinajstić information content (AvgIpc) is 2.37. The number of nitrogens with zero attached hydrogens (tertiary/aromatic N) is 2. The van der Waals surface area contributed by atoms with Gasteiger partial charge in [-0.05, 0) is 32.0 Å². The average molecular weight is 315 g/mol. The molecule has 0 radical (unpaired) electrons. The number of morpholine rings is 1. The molecule has 1 aliphatic rings. The Kier molecular flexibility index (Phi) is 4.35. The van der Waals surface area contributed by atoms with Crippen molar-refractivity contribution in [3.63, 3.8) is 0 Å². The van der Waals surface area contributed by atoms with Gasteiger partial charge in [0.05, 0.1) is 27.7 Å². The third-order valence-corrected chi connectivity index (χ3v) is 5.23. The van der Waals surface area contributed by atoms with Crippen LogP contribution in [0.4, 0.5) is 0 Å². The van der Waals surface area contributed by atoms with Gasteiger partial charge in [-0.2, -0.15) is 9.57 Å². The minimum atomic E-state index is -3.62. The van der Waals surface area contributed by atoms with E-state index in [1.807, 2.05) is 19.9 Å². The molecule has 1 aliphatic heterocycles. The van der Waals surface area contributed by atoms with Crippen LogP contribution >= 0.6 is 11.6 Å². The fourth-order valence-electron chi connectivity index (χ4n) is 2.22. The van der Waals surface area contributed by atoms with Crippen LogP contribution in [0.2, 0.25) is 5.02 Å². The van der Waals surface area contributed by atoms with Crippen LogP contribution in [-0.4, -0.2) is 38.0 Å². The Labute approximate surface area is 123 Å². The molecular formula is C13H15ClN2O3S. The van der Waals surface area contributed by atoms with Gasteiger partial charge in [-0.3, -0.25) is 0 Å². The number of sulfonamides is 1. The summed E-state index contributed by atoms with van der Waals surface area (Å²) in [7, 11) is -3.62. The van der Waals surface area contributed by atoms with Crippen LogP contribution in [0.3, 0.4) is 0 Å². The molecule has 2 atom stereocenters. The summed E-state index contributed by atoms with van der Waals surface area (Å²) in [5.74, 6) is 0. The van der Waals surface area contributed by atoms with Crippen molar-refractivity contribution in [1.82, 2.24) is 4.31 Å². The second-order valence-corrected chi connectivity index (χ2v) is 7.18. The summed E-state index contributed by atoms with van der Waals surface area (Å²) in [6.07, 6.45) is -0.301. The predicted octanol–water partition coefficient (Wildman–Crippen LogP) is 2.01. The Morgan fingerprint density at radius 2 is 1.95 bits per heavy atom. The number of hydrogen-bond acceptors (Lipinski definition) is 4. The third kappa shape index (κ3) is 2.96. The maximum atomic E-state index is 12.6. The van der Waals surface area contributed by atoms with Crippen molar-refractivity contribution in [1.29, 1.82) is 5.26 Å². The number of halogens is 1. The normalized spacial score (nSPS) is 24.3. The van der Waals surface area contributed by atoms with E-state index in [2.05, 4.69) is 0 Å². The van der Waals surface area contributed by atoms with Crippen LogP contribution in [-0.2, 0) is 14.8 Å². The summed E-state index contributed by atoms with van der Waals surface area (Å²) in [6, 6.07) is 6.05. The van der Waals surface area contributed by atoms with Crippen molar-refractivity contribution >= 4 is 21.6 Å². The van der Waals surface area contributed by atoms with E-state index < -0.39 is 10.0 Å². The summed E-state index contributed by atoms with van der Waals surface area (Å²) in [6.45, 7) is 4.29. The molecule has 20 heavy (non-hydrogen) atoms.